The topological polar surface area (TPSA) is 140 Å². The fraction of sp³-hybridized carbons (Fsp3) is 0.636. The molecule has 5 heterocycles. The fourth-order valence-corrected chi connectivity index (χ4v) is 6.59. The number of anilines is 1. The van der Waals surface area contributed by atoms with Crippen molar-refractivity contribution in [2.45, 2.75) is 69.1 Å². The van der Waals surface area contributed by atoms with Crippen molar-refractivity contribution in [1.82, 2.24) is 9.80 Å². The molecule has 4 atom stereocenters. The zero-order valence-electron chi connectivity index (χ0n) is 18.7. The van der Waals surface area contributed by atoms with E-state index in [1.165, 1.54) is 17.7 Å². The number of carbonyl (C=O) groups excluding carboxylic acids is 3. The van der Waals surface area contributed by atoms with Gasteiger partial charge in [0.05, 0.1) is 16.6 Å². The van der Waals surface area contributed by atoms with Crippen LogP contribution >= 0.6 is 11.3 Å². The Labute approximate surface area is 192 Å². The molecule has 5 rings (SSSR count). The predicted molar refractivity (Wildman–Crippen MR) is 124 cm³/mol. The lowest BCUT2D eigenvalue weighted by Gasteiger charge is -2.31. The van der Waals surface area contributed by atoms with Crippen LogP contribution in [0.2, 0.25) is 0 Å². The highest BCUT2D eigenvalue weighted by atomic mass is 32.1. The third-order valence-electron chi connectivity index (χ3n) is 7.06. The molecule has 0 aliphatic carbocycles. The van der Waals surface area contributed by atoms with Gasteiger partial charge in [0, 0.05) is 29.4 Å². The molecule has 6 N–H and O–H groups in total. The van der Waals surface area contributed by atoms with Gasteiger partial charge in [-0.05, 0) is 58.2 Å². The number of carbonyl (C=O) groups is 3. The number of hydrogen-bond acceptors (Lipinski definition) is 7. The Balaban J connectivity index is 0.000000154. The number of hydrogen-bond donors (Lipinski definition) is 3. The first-order valence-corrected chi connectivity index (χ1v) is 11.8. The molecule has 0 aromatic carbocycles. The summed E-state index contributed by atoms with van der Waals surface area (Å²) >= 11 is 1.54. The third kappa shape index (κ3) is 4.80. The number of thiophene rings is 1. The fourth-order valence-electron chi connectivity index (χ4n) is 5.39. The van der Waals surface area contributed by atoms with Gasteiger partial charge < -0.3 is 22.0 Å². The molecule has 3 saturated heterocycles. The lowest BCUT2D eigenvalue weighted by atomic mass is 9.97. The van der Waals surface area contributed by atoms with Crippen LogP contribution in [-0.2, 0) is 16.0 Å². The summed E-state index contributed by atoms with van der Waals surface area (Å²) in [6.07, 6.45) is 7.63. The Morgan fingerprint density at radius 2 is 1.69 bits per heavy atom. The number of primary amides is 2. The Hall–Kier alpha value is -2.48. The monoisotopic (exact) mass is 460 g/mol. The van der Waals surface area contributed by atoms with Crippen LogP contribution in [0.15, 0.2) is 0 Å². The maximum absolute atomic E-state index is 11.5. The molecular weight excluding hydrogens is 428 g/mol. The molecule has 0 saturated carbocycles. The SMILES string of the molecule is CN1C2CCC(=O)C1CC2.CN1C2CCC1c1c(sc(N)c1C(N)=O)C2.[C-]#[N+]CC(N)=O. The number of nitrogens with zero attached hydrogens (tertiary/aromatic N) is 3. The van der Waals surface area contributed by atoms with Crippen LogP contribution in [0.3, 0.4) is 0 Å². The normalized spacial score (nSPS) is 28.0. The average Bonchev–Trinajstić information content (AvgIpc) is 3.26. The van der Waals surface area contributed by atoms with Crippen LogP contribution in [0.4, 0.5) is 5.00 Å². The standard InChI is InChI=1S/C11H15N3OS.C8H13NO.C3H4N2O/c1-14-5-2-3-6(14)8-7(4-5)16-11(13)9(8)10(12)15;1-9-6-2-4-7(9)8(10)5-3-6;1-5-2-3(4)6/h5-6H,2-4,13H2,1H3,(H2,12,15);6-7H,2-5H2,1H3;2H2,(H2,4,6). The van der Waals surface area contributed by atoms with Gasteiger partial charge in [-0.25, -0.2) is 6.57 Å². The summed E-state index contributed by atoms with van der Waals surface area (Å²) in [6, 6.07) is 1.99. The van der Waals surface area contributed by atoms with E-state index < -0.39 is 5.91 Å². The number of piperidine rings is 1. The molecule has 10 heteroatoms. The van der Waals surface area contributed by atoms with Crippen LogP contribution in [0.1, 0.15) is 65.4 Å². The second-order valence-electron chi connectivity index (χ2n) is 8.86. The Kier molecular flexibility index (Phi) is 7.54. The van der Waals surface area contributed by atoms with Gasteiger partial charge in [-0.1, -0.05) is 0 Å². The predicted octanol–water partition coefficient (Wildman–Crippen LogP) is 1.32. The Bertz CT molecular complexity index is 939. The van der Waals surface area contributed by atoms with Crippen LogP contribution < -0.4 is 17.2 Å². The minimum absolute atomic E-state index is 0.194. The molecule has 4 aliphatic rings. The van der Waals surface area contributed by atoms with Gasteiger partial charge in [0.25, 0.3) is 18.4 Å². The molecule has 4 bridgehead atoms. The molecule has 9 nitrogen and oxygen atoms in total. The smallest absolute Gasteiger partial charge is 0.297 e. The summed E-state index contributed by atoms with van der Waals surface area (Å²) in [7, 11) is 4.21. The first kappa shape index (κ1) is 24.2. The summed E-state index contributed by atoms with van der Waals surface area (Å²) in [5, 5.41) is 0.596. The van der Waals surface area contributed by atoms with Crippen molar-refractivity contribution in [3.63, 3.8) is 0 Å². The Morgan fingerprint density at radius 1 is 1.06 bits per heavy atom. The molecule has 0 spiro atoms. The molecule has 32 heavy (non-hydrogen) atoms. The average molecular weight is 461 g/mol. The molecule has 2 amide bonds. The summed E-state index contributed by atoms with van der Waals surface area (Å²) in [5.74, 6) is -0.477. The van der Waals surface area contributed by atoms with Crippen LogP contribution in [0, 0.1) is 6.57 Å². The quantitative estimate of drug-likeness (QED) is 0.569. The van der Waals surface area contributed by atoms with Gasteiger partial charge in [-0.3, -0.25) is 24.2 Å². The van der Waals surface area contributed by atoms with Gasteiger partial charge in [0.15, 0.2) is 0 Å². The maximum Gasteiger partial charge on any atom is 0.297 e. The van der Waals surface area contributed by atoms with E-state index in [-0.39, 0.29) is 12.5 Å². The molecule has 174 valence electrons. The number of ketones is 1. The minimum Gasteiger partial charge on any atom is -0.390 e. The molecule has 0 radical (unpaired) electrons. The number of likely N-dealkylation sites (N-methyl/N-ethyl adjacent to an activating group) is 2. The Morgan fingerprint density at radius 3 is 2.25 bits per heavy atom. The molecule has 1 aromatic rings. The van der Waals surface area contributed by atoms with E-state index in [1.807, 2.05) is 0 Å². The second-order valence-corrected chi connectivity index (χ2v) is 10.00. The van der Waals surface area contributed by atoms with E-state index in [2.05, 4.69) is 34.5 Å². The molecule has 3 fully saturated rings. The van der Waals surface area contributed by atoms with E-state index >= 15 is 0 Å². The summed E-state index contributed by atoms with van der Waals surface area (Å²) in [4.78, 5) is 40.9. The van der Waals surface area contributed by atoms with Crippen molar-refractivity contribution in [1.29, 1.82) is 0 Å². The van der Waals surface area contributed by atoms with Gasteiger partial charge in [0.2, 0.25) is 0 Å². The summed E-state index contributed by atoms with van der Waals surface area (Å²) in [6.45, 7) is 5.86. The highest BCUT2D eigenvalue weighted by molar-refractivity contribution is 7.16. The van der Waals surface area contributed by atoms with Crippen LogP contribution in [-0.4, -0.2) is 66.2 Å². The zero-order chi connectivity index (χ0) is 23.6. The van der Waals surface area contributed by atoms with Crippen molar-refractivity contribution in [3.05, 3.63) is 27.4 Å². The van der Waals surface area contributed by atoms with E-state index in [1.54, 1.807) is 11.3 Å². The van der Waals surface area contributed by atoms with Gasteiger partial charge >= 0.3 is 0 Å². The van der Waals surface area contributed by atoms with E-state index in [9.17, 15) is 14.4 Å². The van der Waals surface area contributed by atoms with Crippen molar-refractivity contribution < 1.29 is 14.4 Å². The minimum atomic E-state index is -0.565. The third-order valence-corrected chi connectivity index (χ3v) is 8.12. The lowest BCUT2D eigenvalue weighted by molar-refractivity contribution is -0.125. The largest absolute Gasteiger partial charge is 0.390 e. The van der Waals surface area contributed by atoms with Crippen molar-refractivity contribution in [2.75, 3.05) is 26.4 Å². The van der Waals surface area contributed by atoms with Crippen molar-refractivity contribution >= 4 is 33.9 Å². The number of nitrogen functional groups attached to an aromatic ring is 1. The van der Waals surface area contributed by atoms with Crippen molar-refractivity contribution in [2.24, 2.45) is 11.5 Å². The molecule has 4 aliphatic heterocycles. The number of rotatable bonds is 2. The van der Waals surface area contributed by atoms with E-state index in [4.69, 9.17) is 18.0 Å². The number of nitrogens with two attached hydrogens (primary N) is 3. The number of amides is 2. The molecule has 4 unspecified atom stereocenters. The van der Waals surface area contributed by atoms with E-state index in [0.29, 0.717) is 34.5 Å². The first-order valence-electron chi connectivity index (χ1n) is 10.9. The number of fused-ring (bicyclic) bond motifs is 6. The summed E-state index contributed by atoms with van der Waals surface area (Å²) < 4.78 is 0. The van der Waals surface area contributed by atoms with Crippen LogP contribution in [0.5, 0.6) is 0 Å². The van der Waals surface area contributed by atoms with E-state index in [0.717, 1.165) is 43.7 Å². The molecular formula is C22H32N6O3S. The molecule has 1 aromatic heterocycles. The highest BCUT2D eigenvalue weighted by Crippen LogP contribution is 2.48. The van der Waals surface area contributed by atoms with Gasteiger partial charge in [0.1, 0.15) is 5.78 Å². The second kappa shape index (κ2) is 9.98. The lowest BCUT2D eigenvalue weighted by Crippen LogP contribution is -2.42. The van der Waals surface area contributed by atoms with Crippen molar-refractivity contribution in [3.8, 4) is 0 Å². The highest BCUT2D eigenvalue weighted by Gasteiger charge is 2.41. The summed E-state index contributed by atoms with van der Waals surface area (Å²) in [5.41, 5.74) is 17.6. The number of Topliss-reactive ketones (excluding diaryl/α,β-unsaturated/α-hetero) is 1. The van der Waals surface area contributed by atoms with Gasteiger partial charge in [-0.15, -0.1) is 11.3 Å². The van der Waals surface area contributed by atoms with Crippen LogP contribution in [0.25, 0.3) is 4.85 Å². The zero-order valence-corrected chi connectivity index (χ0v) is 19.5. The van der Waals surface area contributed by atoms with Gasteiger partial charge in [-0.2, -0.15) is 0 Å². The maximum atomic E-state index is 11.5. The first-order chi connectivity index (χ1) is 15.1.